The molecule has 19 heavy (non-hydrogen) atoms. The third-order valence-corrected chi connectivity index (χ3v) is 3.64. The largest absolute Gasteiger partial charge is 0.317 e. The Hall–Kier alpha value is -1.75. The van der Waals surface area contributed by atoms with Crippen molar-refractivity contribution in [2.45, 2.75) is 25.8 Å². The predicted molar refractivity (Wildman–Crippen MR) is 71.3 cm³/mol. The van der Waals surface area contributed by atoms with Gasteiger partial charge in [0.05, 0.1) is 0 Å². The van der Waals surface area contributed by atoms with E-state index in [1.807, 2.05) is 6.92 Å². The molecule has 0 radical (unpaired) electrons. The molecule has 1 aromatic carbocycles. The fraction of sp³-hybridized carbons (Fsp3) is 0.429. The molecule has 0 bridgehead atoms. The van der Waals surface area contributed by atoms with Gasteiger partial charge in [-0.1, -0.05) is 0 Å². The van der Waals surface area contributed by atoms with Gasteiger partial charge in [0.2, 0.25) is 0 Å². The molecule has 4 nitrogen and oxygen atoms in total. The van der Waals surface area contributed by atoms with Crippen LogP contribution in [-0.4, -0.2) is 27.9 Å². The first-order valence-corrected chi connectivity index (χ1v) is 6.64. The Bertz CT molecular complexity index is 555. The number of aromatic nitrogens is 3. The van der Waals surface area contributed by atoms with Crippen molar-refractivity contribution in [1.82, 2.24) is 20.1 Å². The maximum atomic E-state index is 13.0. The fourth-order valence-electron chi connectivity index (χ4n) is 2.67. The van der Waals surface area contributed by atoms with Crippen molar-refractivity contribution < 1.29 is 4.39 Å². The highest BCUT2D eigenvalue weighted by atomic mass is 19.1. The van der Waals surface area contributed by atoms with Crippen LogP contribution in [0.4, 0.5) is 4.39 Å². The molecule has 1 aliphatic heterocycles. The van der Waals surface area contributed by atoms with Crippen molar-refractivity contribution >= 4 is 0 Å². The SMILES string of the molecule is Cc1nnc(-c2ccc(F)cc2)n1C1CCNCC1. The van der Waals surface area contributed by atoms with Gasteiger partial charge < -0.3 is 9.88 Å². The smallest absolute Gasteiger partial charge is 0.164 e. The second-order valence-corrected chi connectivity index (χ2v) is 4.93. The van der Waals surface area contributed by atoms with Gasteiger partial charge in [0.1, 0.15) is 11.6 Å². The van der Waals surface area contributed by atoms with Gasteiger partial charge in [-0.25, -0.2) is 4.39 Å². The van der Waals surface area contributed by atoms with E-state index < -0.39 is 0 Å². The van der Waals surface area contributed by atoms with Crippen LogP contribution in [-0.2, 0) is 0 Å². The number of nitrogens with one attached hydrogen (secondary N) is 1. The number of nitrogens with zero attached hydrogens (tertiary/aromatic N) is 3. The number of rotatable bonds is 2. The predicted octanol–water partition coefficient (Wildman–Crippen LogP) is 2.32. The van der Waals surface area contributed by atoms with Gasteiger partial charge in [0, 0.05) is 11.6 Å². The Labute approximate surface area is 111 Å². The van der Waals surface area contributed by atoms with E-state index in [4.69, 9.17) is 0 Å². The van der Waals surface area contributed by atoms with E-state index in [0.29, 0.717) is 6.04 Å². The number of aryl methyl sites for hydroxylation is 1. The Morgan fingerprint density at radius 2 is 1.84 bits per heavy atom. The minimum absolute atomic E-state index is 0.228. The van der Waals surface area contributed by atoms with E-state index in [1.165, 1.54) is 12.1 Å². The van der Waals surface area contributed by atoms with E-state index in [2.05, 4.69) is 20.1 Å². The molecule has 1 fully saturated rings. The Morgan fingerprint density at radius 3 is 2.53 bits per heavy atom. The number of halogens is 1. The Balaban J connectivity index is 1.99. The molecule has 1 aromatic heterocycles. The molecule has 3 rings (SSSR count). The molecular weight excluding hydrogens is 243 g/mol. The summed E-state index contributed by atoms with van der Waals surface area (Å²) in [5, 5.41) is 11.8. The van der Waals surface area contributed by atoms with Crippen molar-refractivity contribution in [3.8, 4) is 11.4 Å². The average Bonchev–Trinajstić information content (AvgIpc) is 2.82. The Morgan fingerprint density at radius 1 is 1.16 bits per heavy atom. The second-order valence-electron chi connectivity index (χ2n) is 4.93. The molecule has 0 spiro atoms. The second kappa shape index (κ2) is 5.09. The van der Waals surface area contributed by atoms with Crippen molar-refractivity contribution in [1.29, 1.82) is 0 Å². The quantitative estimate of drug-likeness (QED) is 0.901. The zero-order valence-corrected chi connectivity index (χ0v) is 10.9. The van der Waals surface area contributed by atoms with Crippen LogP contribution in [0.5, 0.6) is 0 Å². The molecule has 5 heteroatoms. The maximum Gasteiger partial charge on any atom is 0.164 e. The monoisotopic (exact) mass is 260 g/mol. The molecule has 1 saturated heterocycles. The van der Waals surface area contributed by atoms with Gasteiger partial charge >= 0.3 is 0 Å². The topological polar surface area (TPSA) is 42.7 Å². The molecular formula is C14H17FN4. The average molecular weight is 260 g/mol. The highest BCUT2D eigenvalue weighted by molar-refractivity contribution is 5.55. The van der Waals surface area contributed by atoms with Gasteiger partial charge in [-0.15, -0.1) is 10.2 Å². The van der Waals surface area contributed by atoms with Crippen LogP contribution in [0.25, 0.3) is 11.4 Å². The van der Waals surface area contributed by atoms with Crippen LogP contribution in [0.1, 0.15) is 24.7 Å². The molecule has 0 atom stereocenters. The highest BCUT2D eigenvalue weighted by Crippen LogP contribution is 2.27. The molecule has 0 aliphatic carbocycles. The first-order valence-electron chi connectivity index (χ1n) is 6.64. The van der Waals surface area contributed by atoms with E-state index in [-0.39, 0.29) is 5.82 Å². The van der Waals surface area contributed by atoms with Gasteiger partial charge in [-0.3, -0.25) is 0 Å². The van der Waals surface area contributed by atoms with Crippen molar-refractivity contribution in [3.05, 3.63) is 35.9 Å². The van der Waals surface area contributed by atoms with Gasteiger partial charge in [0.25, 0.3) is 0 Å². The van der Waals surface area contributed by atoms with Crippen LogP contribution in [0, 0.1) is 12.7 Å². The molecule has 0 unspecified atom stereocenters. The van der Waals surface area contributed by atoms with Crippen LogP contribution >= 0.6 is 0 Å². The molecule has 100 valence electrons. The summed E-state index contributed by atoms with van der Waals surface area (Å²) < 4.78 is 15.2. The molecule has 1 aliphatic rings. The van der Waals surface area contributed by atoms with Gasteiger partial charge in [0.15, 0.2) is 5.82 Å². The van der Waals surface area contributed by atoms with E-state index in [9.17, 15) is 4.39 Å². The summed E-state index contributed by atoms with van der Waals surface area (Å²) in [5.41, 5.74) is 0.917. The number of hydrogen-bond acceptors (Lipinski definition) is 3. The van der Waals surface area contributed by atoms with E-state index in [1.54, 1.807) is 12.1 Å². The third kappa shape index (κ3) is 2.38. The zero-order chi connectivity index (χ0) is 13.2. The summed E-state index contributed by atoms with van der Waals surface area (Å²) in [7, 11) is 0. The summed E-state index contributed by atoms with van der Waals surface area (Å²) in [6, 6.07) is 6.88. The van der Waals surface area contributed by atoms with Gasteiger partial charge in [-0.2, -0.15) is 0 Å². The van der Waals surface area contributed by atoms with Crippen molar-refractivity contribution in [2.24, 2.45) is 0 Å². The van der Waals surface area contributed by atoms with Crippen LogP contribution in [0.2, 0.25) is 0 Å². The molecule has 0 saturated carbocycles. The number of benzene rings is 1. The van der Waals surface area contributed by atoms with E-state index >= 15 is 0 Å². The number of hydrogen-bond donors (Lipinski definition) is 1. The molecule has 1 N–H and O–H groups in total. The summed E-state index contributed by atoms with van der Waals surface area (Å²) in [6.45, 7) is 4.01. The first-order chi connectivity index (χ1) is 9.25. The number of piperidine rings is 1. The van der Waals surface area contributed by atoms with Crippen LogP contribution in [0.15, 0.2) is 24.3 Å². The van der Waals surface area contributed by atoms with Gasteiger partial charge in [-0.05, 0) is 57.1 Å². The zero-order valence-electron chi connectivity index (χ0n) is 10.9. The summed E-state index contributed by atoms with van der Waals surface area (Å²) >= 11 is 0. The molecule has 0 amide bonds. The standard InChI is InChI=1S/C14H17FN4/c1-10-17-18-14(11-2-4-12(15)5-3-11)19(10)13-6-8-16-9-7-13/h2-5,13,16H,6-9H2,1H3. The minimum Gasteiger partial charge on any atom is -0.317 e. The highest BCUT2D eigenvalue weighted by Gasteiger charge is 2.21. The summed E-state index contributed by atoms with van der Waals surface area (Å²) in [5.74, 6) is 1.53. The van der Waals surface area contributed by atoms with Crippen molar-refractivity contribution in [3.63, 3.8) is 0 Å². The van der Waals surface area contributed by atoms with Crippen LogP contribution in [0.3, 0.4) is 0 Å². The molecule has 2 aromatic rings. The fourth-order valence-corrected chi connectivity index (χ4v) is 2.67. The summed E-state index contributed by atoms with van der Waals surface area (Å²) in [6.07, 6.45) is 2.15. The normalized spacial score (nSPS) is 16.7. The first kappa shape index (κ1) is 12.3. The lowest BCUT2D eigenvalue weighted by Crippen LogP contribution is -2.30. The summed E-state index contributed by atoms with van der Waals surface area (Å²) in [4.78, 5) is 0. The lowest BCUT2D eigenvalue weighted by molar-refractivity contribution is 0.365. The maximum absolute atomic E-state index is 13.0. The van der Waals surface area contributed by atoms with Crippen molar-refractivity contribution in [2.75, 3.05) is 13.1 Å². The minimum atomic E-state index is -0.228. The lowest BCUT2D eigenvalue weighted by Gasteiger charge is -2.26. The van der Waals surface area contributed by atoms with Crippen LogP contribution < -0.4 is 5.32 Å². The van der Waals surface area contributed by atoms with E-state index in [0.717, 1.165) is 43.1 Å². The third-order valence-electron chi connectivity index (χ3n) is 3.64. The molecule has 2 heterocycles. The Kier molecular flexibility index (Phi) is 3.29. The lowest BCUT2D eigenvalue weighted by atomic mass is 10.1.